The zero-order chi connectivity index (χ0) is 16.2. The van der Waals surface area contributed by atoms with Crippen LogP contribution in [0.4, 0.5) is 8.78 Å². The van der Waals surface area contributed by atoms with Crippen molar-refractivity contribution < 1.29 is 17.2 Å². The molecule has 1 rings (SSSR count). The molecule has 0 aliphatic heterocycles. The molecule has 0 fully saturated rings. The van der Waals surface area contributed by atoms with Crippen LogP contribution in [0.25, 0.3) is 0 Å². The SMILES string of the molecule is CSCCC(C)N(C)S(=O)(=O)c1ccc(F)c(CN)c1F. The van der Waals surface area contributed by atoms with Crippen molar-refractivity contribution in [3.05, 3.63) is 29.3 Å². The van der Waals surface area contributed by atoms with E-state index in [0.29, 0.717) is 6.42 Å². The first-order valence-electron chi connectivity index (χ1n) is 6.41. The molecular weight excluding hydrogens is 318 g/mol. The van der Waals surface area contributed by atoms with Crippen LogP contribution < -0.4 is 5.73 Å². The van der Waals surface area contributed by atoms with Crippen LogP contribution >= 0.6 is 11.8 Å². The fourth-order valence-electron chi connectivity index (χ4n) is 1.82. The van der Waals surface area contributed by atoms with Gasteiger partial charge < -0.3 is 5.73 Å². The Morgan fingerprint density at radius 2 is 2.00 bits per heavy atom. The van der Waals surface area contributed by atoms with Crippen LogP contribution in [0, 0.1) is 11.6 Å². The van der Waals surface area contributed by atoms with Gasteiger partial charge in [-0.15, -0.1) is 0 Å². The van der Waals surface area contributed by atoms with Crippen molar-refractivity contribution in [1.29, 1.82) is 0 Å². The van der Waals surface area contributed by atoms with E-state index in [4.69, 9.17) is 5.73 Å². The number of nitrogens with zero attached hydrogens (tertiary/aromatic N) is 1. The maximum absolute atomic E-state index is 14.2. The fraction of sp³-hybridized carbons (Fsp3) is 0.538. The van der Waals surface area contributed by atoms with E-state index in [-0.39, 0.29) is 6.04 Å². The second-order valence-corrected chi connectivity index (χ2v) is 7.65. The summed E-state index contributed by atoms with van der Waals surface area (Å²) in [5.41, 5.74) is 4.86. The van der Waals surface area contributed by atoms with Gasteiger partial charge in [0.1, 0.15) is 10.7 Å². The molecule has 120 valence electrons. The van der Waals surface area contributed by atoms with Gasteiger partial charge in [-0.3, -0.25) is 0 Å². The molecule has 8 heteroatoms. The van der Waals surface area contributed by atoms with E-state index in [1.807, 2.05) is 6.26 Å². The first kappa shape index (κ1) is 18.3. The summed E-state index contributed by atoms with van der Waals surface area (Å²) in [6.45, 7) is 1.35. The maximum atomic E-state index is 14.2. The quantitative estimate of drug-likeness (QED) is 0.828. The Bertz CT molecular complexity index is 594. The second kappa shape index (κ2) is 7.53. The summed E-state index contributed by atoms with van der Waals surface area (Å²) < 4.78 is 53.6. The van der Waals surface area contributed by atoms with Gasteiger partial charge in [0, 0.05) is 25.2 Å². The summed E-state index contributed by atoms with van der Waals surface area (Å²) >= 11 is 1.60. The van der Waals surface area contributed by atoms with Crippen molar-refractivity contribution >= 4 is 21.8 Å². The molecule has 0 aliphatic carbocycles. The summed E-state index contributed by atoms with van der Waals surface area (Å²) in [6.07, 6.45) is 2.57. The van der Waals surface area contributed by atoms with Gasteiger partial charge in [-0.1, -0.05) is 0 Å². The van der Waals surface area contributed by atoms with Crippen LogP contribution in [0.3, 0.4) is 0 Å². The minimum atomic E-state index is -4.02. The molecule has 0 amide bonds. The van der Waals surface area contributed by atoms with E-state index >= 15 is 0 Å². The normalized spacial score (nSPS) is 13.7. The molecule has 0 bridgehead atoms. The van der Waals surface area contributed by atoms with Gasteiger partial charge >= 0.3 is 0 Å². The van der Waals surface area contributed by atoms with E-state index in [1.165, 1.54) is 7.05 Å². The molecule has 0 saturated carbocycles. The first-order valence-corrected chi connectivity index (χ1v) is 9.24. The summed E-state index contributed by atoms with van der Waals surface area (Å²) in [7, 11) is -2.63. The average molecular weight is 338 g/mol. The Morgan fingerprint density at radius 3 is 2.52 bits per heavy atom. The van der Waals surface area contributed by atoms with Gasteiger partial charge in [0.2, 0.25) is 10.0 Å². The zero-order valence-electron chi connectivity index (χ0n) is 12.3. The van der Waals surface area contributed by atoms with Crippen LogP contribution in [-0.2, 0) is 16.6 Å². The molecule has 1 aromatic carbocycles. The predicted molar refractivity (Wildman–Crippen MR) is 81.7 cm³/mol. The molecule has 1 unspecified atom stereocenters. The molecule has 1 aromatic rings. The van der Waals surface area contributed by atoms with Crippen LogP contribution in [0.5, 0.6) is 0 Å². The van der Waals surface area contributed by atoms with Gasteiger partial charge in [0.25, 0.3) is 0 Å². The Labute approximate surface area is 128 Å². The second-order valence-electron chi connectivity index (χ2n) is 4.69. The summed E-state index contributed by atoms with van der Waals surface area (Å²) in [4.78, 5) is -0.539. The first-order chi connectivity index (χ1) is 9.77. The Morgan fingerprint density at radius 1 is 1.38 bits per heavy atom. The maximum Gasteiger partial charge on any atom is 0.245 e. The number of rotatable bonds is 7. The van der Waals surface area contributed by atoms with Crippen molar-refractivity contribution in [3.63, 3.8) is 0 Å². The van der Waals surface area contributed by atoms with Crippen molar-refractivity contribution in [1.82, 2.24) is 4.31 Å². The zero-order valence-corrected chi connectivity index (χ0v) is 13.9. The number of sulfonamides is 1. The lowest BCUT2D eigenvalue weighted by Gasteiger charge is -2.24. The number of benzene rings is 1. The number of hydrogen-bond donors (Lipinski definition) is 1. The molecule has 0 spiro atoms. The lowest BCUT2D eigenvalue weighted by atomic mass is 10.2. The van der Waals surface area contributed by atoms with Crippen molar-refractivity contribution in [2.75, 3.05) is 19.1 Å². The van der Waals surface area contributed by atoms with E-state index in [0.717, 1.165) is 22.2 Å². The van der Waals surface area contributed by atoms with Crippen LogP contribution in [0.15, 0.2) is 17.0 Å². The molecule has 21 heavy (non-hydrogen) atoms. The van der Waals surface area contributed by atoms with Gasteiger partial charge in [-0.25, -0.2) is 17.2 Å². The molecular formula is C13H20F2N2O2S2. The minimum Gasteiger partial charge on any atom is -0.326 e. The molecule has 2 N–H and O–H groups in total. The Hall–Kier alpha value is -0.700. The van der Waals surface area contributed by atoms with Crippen LogP contribution in [0.1, 0.15) is 18.9 Å². The smallest absolute Gasteiger partial charge is 0.245 e. The van der Waals surface area contributed by atoms with Crippen LogP contribution in [0.2, 0.25) is 0 Å². The molecule has 0 heterocycles. The third-order valence-electron chi connectivity index (χ3n) is 3.37. The van der Waals surface area contributed by atoms with Crippen molar-refractivity contribution in [2.45, 2.75) is 30.8 Å². The standard InChI is InChI=1S/C13H20F2N2O2S2/c1-9(6-7-20-3)17(2)21(18,19)12-5-4-11(14)10(8-16)13(12)15/h4-5,9H,6-8,16H2,1-3H3. The van der Waals surface area contributed by atoms with Gasteiger partial charge in [0.05, 0.1) is 0 Å². The average Bonchev–Trinajstić information content (AvgIpc) is 2.44. The lowest BCUT2D eigenvalue weighted by molar-refractivity contribution is 0.379. The molecule has 0 saturated heterocycles. The topological polar surface area (TPSA) is 63.4 Å². The van der Waals surface area contributed by atoms with Gasteiger partial charge in [0.15, 0.2) is 5.82 Å². The lowest BCUT2D eigenvalue weighted by Crippen LogP contribution is -2.36. The molecule has 4 nitrogen and oxygen atoms in total. The highest BCUT2D eigenvalue weighted by molar-refractivity contribution is 7.98. The number of thioether (sulfide) groups is 1. The van der Waals surface area contributed by atoms with Crippen LogP contribution in [-0.4, -0.2) is 37.8 Å². The largest absolute Gasteiger partial charge is 0.326 e. The molecule has 0 aliphatic rings. The van der Waals surface area contributed by atoms with E-state index in [2.05, 4.69) is 0 Å². The number of nitrogens with two attached hydrogens (primary N) is 1. The van der Waals surface area contributed by atoms with E-state index < -0.39 is 38.7 Å². The molecule has 0 radical (unpaired) electrons. The molecule has 0 aromatic heterocycles. The Kier molecular flexibility index (Phi) is 6.58. The number of halogens is 2. The van der Waals surface area contributed by atoms with Gasteiger partial charge in [-0.05, 0) is 37.5 Å². The van der Waals surface area contributed by atoms with Gasteiger partial charge in [-0.2, -0.15) is 16.1 Å². The fourth-order valence-corrected chi connectivity index (χ4v) is 3.88. The summed E-state index contributed by atoms with van der Waals surface area (Å²) in [5, 5.41) is 0. The van der Waals surface area contributed by atoms with Crippen molar-refractivity contribution in [3.8, 4) is 0 Å². The highest BCUT2D eigenvalue weighted by Gasteiger charge is 2.29. The minimum absolute atomic E-state index is 0.284. The third kappa shape index (κ3) is 3.94. The van der Waals surface area contributed by atoms with Crippen molar-refractivity contribution in [2.24, 2.45) is 5.73 Å². The highest BCUT2D eigenvalue weighted by atomic mass is 32.2. The number of hydrogen-bond acceptors (Lipinski definition) is 4. The third-order valence-corrected chi connectivity index (χ3v) is 6.01. The Balaban J connectivity index is 3.19. The predicted octanol–water partition coefficient (Wildman–Crippen LogP) is 2.19. The molecule has 1 atom stereocenters. The summed E-state index contributed by atoms with van der Waals surface area (Å²) in [6, 6.07) is 1.59. The monoisotopic (exact) mass is 338 g/mol. The van der Waals surface area contributed by atoms with E-state index in [1.54, 1.807) is 18.7 Å². The van der Waals surface area contributed by atoms with E-state index in [9.17, 15) is 17.2 Å². The highest BCUT2D eigenvalue weighted by Crippen LogP contribution is 2.25. The summed E-state index contributed by atoms with van der Waals surface area (Å²) in [5.74, 6) is -1.16.